The van der Waals surface area contributed by atoms with Gasteiger partial charge in [0, 0.05) is 49.5 Å². The van der Waals surface area contributed by atoms with E-state index in [4.69, 9.17) is 4.99 Å². The SMILES string of the molecule is CCNC(=NCC1CCCN(C)C1c1cccs1)NCCCn1cccn1.I. The van der Waals surface area contributed by atoms with Gasteiger partial charge in [-0.25, -0.2) is 0 Å². The lowest BCUT2D eigenvalue weighted by atomic mass is 9.88. The molecule has 2 atom stereocenters. The second-order valence-corrected chi connectivity index (χ2v) is 8.09. The number of piperidine rings is 1. The molecule has 156 valence electrons. The van der Waals surface area contributed by atoms with Crippen LogP contribution in [0.2, 0.25) is 0 Å². The Kier molecular flexibility index (Phi) is 10.3. The summed E-state index contributed by atoms with van der Waals surface area (Å²) in [6.45, 7) is 6.85. The normalized spacial score (nSPS) is 20.6. The summed E-state index contributed by atoms with van der Waals surface area (Å²) in [4.78, 5) is 8.88. The number of nitrogens with zero attached hydrogens (tertiary/aromatic N) is 4. The van der Waals surface area contributed by atoms with Crippen LogP contribution in [-0.2, 0) is 6.54 Å². The maximum absolute atomic E-state index is 4.92. The number of guanidine groups is 1. The zero-order chi connectivity index (χ0) is 18.9. The molecule has 1 saturated heterocycles. The highest BCUT2D eigenvalue weighted by Gasteiger charge is 2.31. The molecule has 6 nitrogen and oxygen atoms in total. The molecule has 1 aliphatic rings. The maximum atomic E-state index is 4.92. The van der Waals surface area contributed by atoms with Gasteiger partial charge in [0.2, 0.25) is 0 Å². The van der Waals surface area contributed by atoms with Gasteiger partial charge < -0.3 is 10.6 Å². The minimum atomic E-state index is 0. The number of halogens is 1. The van der Waals surface area contributed by atoms with E-state index in [1.54, 1.807) is 0 Å². The number of aromatic nitrogens is 2. The van der Waals surface area contributed by atoms with Gasteiger partial charge in [0.05, 0.1) is 0 Å². The predicted molar refractivity (Wildman–Crippen MR) is 129 cm³/mol. The standard InChI is InChI=1S/C20H32N6S.HI/c1-3-21-20(22-10-6-13-26-14-7-11-24-26)23-16-17-8-4-12-25(2)19(17)18-9-5-15-27-18;/h5,7,9,11,14-15,17,19H,3-4,6,8,10,12-13,16H2,1-2H3,(H2,21,22,23);1H. The van der Waals surface area contributed by atoms with E-state index in [1.807, 2.05) is 34.5 Å². The average Bonchev–Trinajstić information content (AvgIpc) is 3.37. The number of aliphatic imine (C=N–C) groups is 1. The van der Waals surface area contributed by atoms with Crippen molar-refractivity contribution in [1.29, 1.82) is 0 Å². The number of rotatable bonds is 8. The molecule has 2 aromatic rings. The summed E-state index contributed by atoms with van der Waals surface area (Å²) in [6, 6.07) is 6.88. The Balaban J connectivity index is 0.00000280. The first-order valence-electron chi connectivity index (χ1n) is 10.0. The van der Waals surface area contributed by atoms with Gasteiger partial charge in [-0.15, -0.1) is 35.3 Å². The molecule has 1 fully saturated rings. The molecule has 0 aliphatic carbocycles. The lowest BCUT2D eigenvalue weighted by Crippen LogP contribution is -2.40. The van der Waals surface area contributed by atoms with Crippen molar-refractivity contribution in [2.75, 3.05) is 33.2 Å². The minimum absolute atomic E-state index is 0. The third kappa shape index (κ3) is 6.73. The lowest BCUT2D eigenvalue weighted by molar-refractivity contribution is 0.128. The molecule has 0 radical (unpaired) electrons. The maximum Gasteiger partial charge on any atom is 0.191 e. The summed E-state index contributed by atoms with van der Waals surface area (Å²) >= 11 is 1.87. The summed E-state index contributed by atoms with van der Waals surface area (Å²) in [7, 11) is 2.25. The van der Waals surface area contributed by atoms with Gasteiger partial charge >= 0.3 is 0 Å². The van der Waals surface area contributed by atoms with Crippen molar-refractivity contribution in [2.45, 2.75) is 38.8 Å². The fraction of sp³-hybridized carbons (Fsp3) is 0.600. The molecule has 0 aromatic carbocycles. The summed E-state index contributed by atoms with van der Waals surface area (Å²) in [5.41, 5.74) is 0. The van der Waals surface area contributed by atoms with Gasteiger partial charge in [-0.05, 0) is 63.2 Å². The van der Waals surface area contributed by atoms with Crippen LogP contribution in [-0.4, -0.2) is 53.9 Å². The smallest absolute Gasteiger partial charge is 0.191 e. The number of aryl methyl sites for hydroxylation is 1. The first-order valence-corrected chi connectivity index (χ1v) is 10.9. The van der Waals surface area contributed by atoms with Crippen LogP contribution in [0.5, 0.6) is 0 Å². The van der Waals surface area contributed by atoms with Crippen LogP contribution >= 0.6 is 35.3 Å². The fourth-order valence-electron chi connectivity index (χ4n) is 3.79. The molecule has 3 heterocycles. The van der Waals surface area contributed by atoms with E-state index in [0.29, 0.717) is 12.0 Å². The van der Waals surface area contributed by atoms with Gasteiger partial charge in [-0.1, -0.05) is 6.07 Å². The Labute approximate surface area is 189 Å². The largest absolute Gasteiger partial charge is 0.357 e. The monoisotopic (exact) mass is 516 g/mol. The Morgan fingerprint density at radius 3 is 2.96 bits per heavy atom. The third-order valence-electron chi connectivity index (χ3n) is 5.09. The van der Waals surface area contributed by atoms with Gasteiger partial charge in [-0.2, -0.15) is 5.10 Å². The quantitative estimate of drug-likeness (QED) is 0.244. The Hall–Kier alpha value is -1.13. The predicted octanol–water partition coefficient (Wildman–Crippen LogP) is 3.59. The van der Waals surface area contributed by atoms with Gasteiger partial charge in [0.15, 0.2) is 5.96 Å². The Morgan fingerprint density at radius 1 is 1.36 bits per heavy atom. The van der Waals surface area contributed by atoms with Crippen LogP contribution in [0.1, 0.15) is 37.1 Å². The molecular formula is C20H33IN6S. The van der Waals surface area contributed by atoms with Crippen LogP contribution in [0, 0.1) is 5.92 Å². The number of hydrogen-bond acceptors (Lipinski definition) is 4. The van der Waals surface area contributed by atoms with E-state index in [-0.39, 0.29) is 24.0 Å². The molecule has 1 aliphatic heterocycles. The summed E-state index contributed by atoms with van der Waals surface area (Å²) in [6.07, 6.45) is 7.35. The summed E-state index contributed by atoms with van der Waals surface area (Å²) < 4.78 is 1.97. The van der Waals surface area contributed by atoms with E-state index < -0.39 is 0 Å². The summed E-state index contributed by atoms with van der Waals surface area (Å²) in [5, 5.41) is 13.3. The molecule has 2 aromatic heterocycles. The second-order valence-electron chi connectivity index (χ2n) is 7.11. The average molecular weight is 516 g/mol. The molecule has 2 unspecified atom stereocenters. The van der Waals surface area contributed by atoms with E-state index >= 15 is 0 Å². The number of likely N-dealkylation sites (tertiary alicyclic amines) is 1. The van der Waals surface area contributed by atoms with Crippen molar-refractivity contribution in [3.63, 3.8) is 0 Å². The van der Waals surface area contributed by atoms with Crippen LogP contribution in [0.4, 0.5) is 0 Å². The number of hydrogen-bond donors (Lipinski definition) is 2. The van der Waals surface area contributed by atoms with E-state index in [9.17, 15) is 0 Å². The highest BCUT2D eigenvalue weighted by molar-refractivity contribution is 14.0. The van der Waals surface area contributed by atoms with Crippen molar-refractivity contribution in [1.82, 2.24) is 25.3 Å². The van der Waals surface area contributed by atoms with Crippen molar-refractivity contribution in [2.24, 2.45) is 10.9 Å². The van der Waals surface area contributed by atoms with Crippen molar-refractivity contribution >= 4 is 41.3 Å². The van der Waals surface area contributed by atoms with E-state index in [2.05, 4.69) is 52.1 Å². The zero-order valence-corrected chi connectivity index (χ0v) is 20.0. The molecule has 28 heavy (non-hydrogen) atoms. The first-order chi connectivity index (χ1) is 13.3. The second kappa shape index (κ2) is 12.4. The van der Waals surface area contributed by atoms with Crippen LogP contribution < -0.4 is 10.6 Å². The lowest BCUT2D eigenvalue weighted by Gasteiger charge is -2.38. The molecule has 0 amide bonds. The summed E-state index contributed by atoms with van der Waals surface area (Å²) in [5.74, 6) is 1.50. The van der Waals surface area contributed by atoms with Crippen LogP contribution in [0.25, 0.3) is 0 Å². The van der Waals surface area contributed by atoms with Crippen molar-refractivity contribution < 1.29 is 0 Å². The highest BCUT2D eigenvalue weighted by Crippen LogP contribution is 2.37. The van der Waals surface area contributed by atoms with Gasteiger partial charge in [0.25, 0.3) is 0 Å². The highest BCUT2D eigenvalue weighted by atomic mass is 127. The third-order valence-corrected chi connectivity index (χ3v) is 6.03. The zero-order valence-electron chi connectivity index (χ0n) is 16.9. The molecule has 0 bridgehead atoms. The molecule has 0 saturated carbocycles. The molecule has 0 spiro atoms. The fourth-order valence-corrected chi connectivity index (χ4v) is 4.77. The van der Waals surface area contributed by atoms with Crippen molar-refractivity contribution in [3.8, 4) is 0 Å². The van der Waals surface area contributed by atoms with E-state index in [1.165, 1.54) is 24.3 Å². The molecular weight excluding hydrogens is 483 g/mol. The molecule has 3 rings (SSSR count). The number of thiophene rings is 1. The number of nitrogens with one attached hydrogen (secondary N) is 2. The molecule has 8 heteroatoms. The topological polar surface area (TPSA) is 57.5 Å². The van der Waals surface area contributed by atoms with Crippen LogP contribution in [0.15, 0.2) is 41.0 Å². The Bertz CT molecular complexity index is 673. The van der Waals surface area contributed by atoms with Gasteiger partial charge in [-0.3, -0.25) is 14.6 Å². The van der Waals surface area contributed by atoms with E-state index in [0.717, 1.165) is 38.6 Å². The first kappa shape index (κ1) is 23.2. The van der Waals surface area contributed by atoms with Crippen LogP contribution in [0.3, 0.4) is 0 Å². The minimum Gasteiger partial charge on any atom is -0.357 e. The van der Waals surface area contributed by atoms with Gasteiger partial charge in [0.1, 0.15) is 0 Å². The van der Waals surface area contributed by atoms with Crippen molar-refractivity contribution in [3.05, 3.63) is 40.8 Å². The Morgan fingerprint density at radius 2 is 2.25 bits per heavy atom. The molecule has 2 N–H and O–H groups in total.